The van der Waals surface area contributed by atoms with Crippen LogP contribution >= 0.6 is 0 Å². The average Bonchev–Trinajstić information content (AvgIpc) is 2.99. The smallest absolute Gasteiger partial charge is 0.270 e. The van der Waals surface area contributed by atoms with Gasteiger partial charge >= 0.3 is 0 Å². The maximum Gasteiger partial charge on any atom is 0.270 e. The Balaban J connectivity index is 1.91. The lowest BCUT2D eigenvalue weighted by Gasteiger charge is -2.29. The van der Waals surface area contributed by atoms with E-state index in [2.05, 4.69) is 10.1 Å². The van der Waals surface area contributed by atoms with E-state index in [1.165, 1.54) is 12.1 Å². The van der Waals surface area contributed by atoms with Crippen LogP contribution in [0, 0.1) is 10.1 Å². The summed E-state index contributed by atoms with van der Waals surface area (Å²) >= 11 is 0. The van der Waals surface area contributed by atoms with Crippen molar-refractivity contribution in [3.8, 4) is 11.4 Å². The molecular formula is C13H14N4O4. The monoisotopic (exact) mass is 290 g/mol. The quantitative estimate of drug-likeness (QED) is 0.673. The number of aromatic nitrogens is 2. The molecule has 8 heteroatoms. The zero-order chi connectivity index (χ0) is 14.9. The second-order valence-electron chi connectivity index (χ2n) is 5.00. The molecule has 0 atom stereocenters. The van der Waals surface area contributed by atoms with Gasteiger partial charge in [-0.15, -0.1) is 0 Å². The summed E-state index contributed by atoms with van der Waals surface area (Å²) in [6.07, 6.45) is 1.20. The Labute approximate surface area is 120 Å². The first-order chi connectivity index (χ1) is 10.1. The number of nitrogens with two attached hydrogens (primary N) is 1. The van der Waals surface area contributed by atoms with Crippen LogP contribution in [0.5, 0.6) is 0 Å². The molecule has 2 aromatic rings. The summed E-state index contributed by atoms with van der Waals surface area (Å²) in [5.74, 6) is 0.636. The van der Waals surface area contributed by atoms with Gasteiger partial charge in [0.25, 0.3) is 5.69 Å². The van der Waals surface area contributed by atoms with Crippen molar-refractivity contribution in [3.05, 3.63) is 40.3 Å². The van der Waals surface area contributed by atoms with Crippen LogP contribution in [0.15, 0.2) is 28.8 Å². The first kappa shape index (κ1) is 13.7. The number of rotatable bonds is 3. The molecule has 110 valence electrons. The molecule has 0 bridgehead atoms. The molecule has 0 radical (unpaired) electrons. The van der Waals surface area contributed by atoms with E-state index in [0.29, 0.717) is 43.3 Å². The Kier molecular flexibility index (Phi) is 3.40. The lowest BCUT2D eigenvalue weighted by molar-refractivity contribution is -0.384. The van der Waals surface area contributed by atoms with Crippen LogP contribution in [0.2, 0.25) is 0 Å². The number of hydrogen-bond acceptors (Lipinski definition) is 7. The zero-order valence-electron chi connectivity index (χ0n) is 11.2. The first-order valence-corrected chi connectivity index (χ1v) is 6.54. The molecule has 8 nitrogen and oxygen atoms in total. The molecule has 2 heterocycles. The van der Waals surface area contributed by atoms with Gasteiger partial charge in [0, 0.05) is 30.9 Å². The number of hydrogen-bond donors (Lipinski definition) is 1. The van der Waals surface area contributed by atoms with Crippen molar-refractivity contribution in [2.75, 3.05) is 13.2 Å². The van der Waals surface area contributed by atoms with Crippen LogP contribution in [0.25, 0.3) is 11.4 Å². The summed E-state index contributed by atoms with van der Waals surface area (Å²) in [6.45, 7) is 1.09. The normalized spacial score (nSPS) is 17.6. The number of ether oxygens (including phenoxy) is 1. The summed E-state index contributed by atoms with van der Waals surface area (Å²) in [4.78, 5) is 14.6. The van der Waals surface area contributed by atoms with Gasteiger partial charge in [-0.2, -0.15) is 4.98 Å². The van der Waals surface area contributed by atoms with E-state index < -0.39 is 10.5 Å². The molecule has 3 rings (SSSR count). The fourth-order valence-electron chi connectivity index (χ4n) is 2.25. The fourth-order valence-corrected chi connectivity index (χ4v) is 2.25. The highest BCUT2D eigenvalue weighted by Gasteiger charge is 2.36. The zero-order valence-corrected chi connectivity index (χ0v) is 11.2. The molecule has 0 spiro atoms. The number of non-ortho nitro benzene ring substituents is 1. The molecule has 1 fully saturated rings. The largest absolute Gasteiger partial charge is 0.381 e. The standard InChI is InChI=1S/C13H14N4O4/c14-13(4-6-20-7-5-13)12-15-11(16-21-12)9-2-1-3-10(8-9)17(18)19/h1-3,8H,4-7,14H2. The maximum absolute atomic E-state index is 10.8. The van der Waals surface area contributed by atoms with Gasteiger partial charge in [-0.05, 0) is 12.8 Å². The second kappa shape index (κ2) is 5.23. The topological polar surface area (TPSA) is 117 Å². The van der Waals surface area contributed by atoms with E-state index in [9.17, 15) is 10.1 Å². The van der Waals surface area contributed by atoms with Gasteiger partial charge in [-0.3, -0.25) is 10.1 Å². The molecular weight excluding hydrogens is 276 g/mol. The van der Waals surface area contributed by atoms with Crippen molar-refractivity contribution in [1.29, 1.82) is 0 Å². The van der Waals surface area contributed by atoms with Crippen molar-refractivity contribution in [2.45, 2.75) is 18.4 Å². The highest BCUT2D eigenvalue weighted by molar-refractivity contribution is 5.58. The van der Waals surface area contributed by atoms with Gasteiger partial charge in [0.2, 0.25) is 11.7 Å². The van der Waals surface area contributed by atoms with Crippen LogP contribution in [0.3, 0.4) is 0 Å². The summed E-state index contributed by atoms with van der Waals surface area (Å²) in [7, 11) is 0. The van der Waals surface area contributed by atoms with Gasteiger partial charge in [-0.1, -0.05) is 17.3 Å². The minimum atomic E-state index is -0.690. The molecule has 0 aliphatic carbocycles. The third-order valence-corrected chi connectivity index (χ3v) is 3.55. The summed E-state index contributed by atoms with van der Waals surface area (Å²) < 4.78 is 10.5. The number of nitrogens with zero attached hydrogens (tertiary/aromatic N) is 3. The minimum absolute atomic E-state index is 0.0209. The third kappa shape index (κ3) is 2.63. The molecule has 0 unspecified atom stereocenters. The van der Waals surface area contributed by atoms with E-state index in [1.807, 2.05) is 0 Å². The van der Waals surface area contributed by atoms with Crippen LogP contribution < -0.4 is 5.73 Å². The van der Waals surface area contributed by atoms with Crippen molar-refractivity contribution in [1.82, 2.24) is 10.1 Å². The Hall–Kier alpha value is -2.32. The van der Waals surface area contributed by atoms with E-state index in [0.717, 1.165) is 0 Å². The Morgan fingerprint density at radius 1 is 1.33 bits per heavy atom. The SMILES string of the molecule is NC1(c2nc(-c3cccc([N+](=O)[O-])c3)no2)CCOCC1. The van der Waals surface area contributed by atoms with Crippen molar-refractivity contribution >= 4 is 5.69 Å². The lowest BCUT2D eigenvalue weighted by atomic mass is 9.91. The van der Waals surface area contributed by atoms with Crippen molar-refractivity contribution < 1.29 is 14.2 Å². The van der Waals surface area contributed by atoms with Gasteiger partial charge in [0.05, 0.1) is 4.92 Å². The molecule has 1 aliphatic heterocycles. The minimum Gasteiger partial charge on any atom is -0.381 e. The molecule has 2 N–H and O–H groups in total. The van der Waals surface area contributed by atoms with E-state index >= 15 is 0 Å². The predicted octanol–water partition coefficient (Wildman–Crippen LogP) is 1.61. The Morgan fingerprint density at radius 3 is 2.81 bits per heavy atom. The highest BCUT2D eigenvalue weighted by atomic mass is 16.6. The van der Waals surface area contributed by atoms with Gasteiger partial charge in [0.1, 0.15) is 5.54 Å². The maximum atomic E-state index is 10.8. The predicted molar refractivity (Wildman–Crippen MR) is 72.3 cm³/mol. The molecule has 1 saturated heterocycles. The van der Waals surface area contributed by atoms with Crippen LogP contribution in [-0.4, -0.2) is 28.3 Å². The molecule has 0 amide bonds. The number of nitro benzene ring substituents is 1. The Morgan fingerprint density at radius 2 is 2.10 bits per heavy atom. The number of benzene rings is 1. The molecule has 1 aliphatic rings. The molecule has 21 heavy (non-hydrogen) atoms. The van der Waals surface area contributed by atoms with E-state index in [4.69, 9.17) is 15.0 Å². The van der Waals surface area contributed by atoms with Crippen molar-refractivity contribution in [2.24, 2.45) is 5.73 Å². The van der Waals surface area contributed by atoms with Gasteiger partial charge < -0.3 is 15.0 Å². The van der Waals surface area contributed by atoms with Crippen LogP contribution in [0.1, 0.15) is 18.7 Å². The molecule has 0 saturated carbocycles. The number of nitro groups is 1. The lowest BCUT2D eigenvalue weighted by Crippen LogP contribution is -2.42. The fraction of sp³-hybridized carbons (Fsp3) is 0.385. The van der Waals surface area contributed by atoms with Gasteiger partial charge in [0.15, 0.2) is 0 Å². The van der Waals surface area contributed by atoms with Crippen LogP contribution in [-0.2, 0) is 10.3 Å². The Bertz CT molecular complexity index is 664. The van der Waals surface area contributed by atoms with E-state index in [-0.39, 0.29) is 5.69 Å². The second-order valence-corrected chi connectivity index (χ2v) is 5.00. The van der Waals surface area contributed by atoms with Crippen LogP contribution in [0.4, 0.5) is 5.69 Å². The molecule has 1 aromatic carbocycles. The third-order valence-electron chi connectivity index (χ3n) is 3.55. The van der Waals surface area contributed by atoms with Gasteiger partial charge in [-0.25, -0.2) is 0 Å². The highest BCUT2D eigenvalue weighted by Crippen LogP contribution is 2.30. The van der Waals surface area contributed by atoms with Crippen molar-refractivity contribution in [3.63, 3.8) is 0 Å². The summed E-state index contributed by atoms with van der Waals surface area (Å²) in [5, 5.41) is 14.7. The first-order valence-electron chi connectivity index (χ1n) is 6.54. The summed E-state index contributed by atoms with van der Waals surface area (Å²) in [6, 6.07) is 6.08. The average molecular weight is 290 g/mol. The molecule has 1 aromatic heterocycles. The van der Waals surface area contributed by atoms with E-state index in [1.54, 1.807) is 12.1 Å². The summed E-state index contributed by atoms with van der Waals surface area (Å²) in [5.41, 5.74) is 6.08.